The Balaban J connectivity index is 0.00000120. The van der Waals surface area contributed by atoms with Gasteiger partial charge in [0.1, 0.15) is 5.82 Å². The molecule has 2 aromatic carbocycles. The first kappa shape index (κ1) is 31.5. The van der Waals surface area contributed by atoms with Gasteiger partial charge in [-0.1, -0.05) is 61.9 Å². The van der Waals surface area contributed by atoms with Crippen LogP contribution in [0, 0.1) is 6.92 Å². The summed E-state index contributed by atoms with van der Waals surface area (Å²) in [5.74, 6) is 7.02. The molecule has 0 aliphatic carbocycles. The molecule has 0 bridgehead atoms. The van der Waals surface area contributed by atoms with E-state index >= 15 is 0 Å². The Labute approximate surface area is 228 Å². The first-order valence-corrected chi connectivity index (χ1v) is 11.9. The zero-order valence-electron chi connectivity index (χ0n) is 21.4. The van der Waals surface area contributed by atoms with Crippen molar-refractivity contribution >= 4 is 5.84 Å². The number of imidazole rings is 1. The monoisotopic (exact) mass is 675 g/mol. The summed E-state index contributed by atoms with van der Waals surface area (Å²) in [7, 11) is 1.64. The number of benzene rings is 2. The molecule has 0 amide bonds. The Morgan fingerprint density at radius 1 is 1.08 bits per heavy atom. The standard InChI is InChI=1S/C24H32N6O.C2H8N2.Pt/c1-4-5-10-23-27-17(2)22(16-31)30(23)15-18-11-13-19(14-12-18)20-8-6-7-9-21(20)24(25)28-29(3)26;3-1-2-4;/h6-9,11-14,31H,4-5,10,15-16,26H2,1-3H3,(H2,25,28);1-4H2;. The smallest absolute Gasteiger partial charge is 0.152 e. The number of hydrazone groups is 1. The third kappa shape index (κ3) is 8.83. The van der Waals surface area contributed by atoms with Crippen molar-refractivity contribution in [3.8, 4) is 11.1 Å². The Hall–Kier alpha value is -2.55. The fraction of sp³-hybridized carbons (Fsp3) is 0.385. The van der Waals surface area contributed by atoms with Gasteiger partial charge in [-0.2, -0.15) is 0 Å². The van der Waals surface area contributed by atoms with E-state index in [1.54, 1.807) is 7.05 Å². The summed E-state index contributed by atoms with van der Waals surface area (Å²) in [5, 5.41) is 15.2. The maximum Gasteiger partial charge on any atom is 0.152 e. The molecule has 0 aliphatic rings. The minimum Gasteiger partial charge on any atom is -0.390 e. The molecule has 1 heterocycles. The maximum atomic E-state index is 9.86. The molecule has 0 fully saturated rings. The molecule has 200 valence electrons. The molecular weight excluding hydrogens is 635 g/mol. The molecule has 0 spiro atoms. The fourth-order valence-corrected chi connectivity index (χ4v) is 3.74. The second-order valence-corrected chi connectivity index (χ2v) is 8.29. The third-order valence-electron chi connectivity index (χ3n) is 5.50. The number of hydrogen-bond acceptors (Lipinski definition) is 7. The average molecular weight is 676 g/mol. The van der Waals surface area contributed by atoms with Crippen molar-refractivity contribution in [3.05, 3.63) is 76.9 Å². The van der Waals surface area contributed by atoms with E-state index in [1.807, 2.05) is 31.2 Å². The largest absolute Gasteiger partial charge is 0.390 e. The number of aliphatic hydroxyl groups is 1. The van der Waals surface area contributed by atoms with Crippen molar-refractivity contribution in [2.45, 2.75) is 46.3 Å². The molecule has 0 aliphatic heterocycles. The molecule has 9 nitrogen and oxygen atoms in total. The summed E-state index contributed by atoms with van der Waals surface area (Å²) in [6, 6.07) is 16.3. The third-order valence-corrected chi connectivity index (χ3v) is 5.50. The second-order valence-electron chi connectivity index (χ2n) is 8.29. The van der Waals surface area contributed by atoms with Crippen molar-refractivity contribution in [1.29, 1.82) is 0 Å². The van der Waals surface area contributed by atoms with Crippen LogP contribution < -0.4 is 23.0 Å². The normalized spacial score (nSPS) is 10.9. The van der Waals surface area contributed by atoms with Gasteiger partial charge in [-0.25, -0.2) is 15.9 Å². The second kappa shape index (κ2) is 16.2. The van der Waals surface area contributed by atoms with Crippen LogP contribution in [0.4, 0.5) is 0 Å². The molecule has 0 radical (unpaired) electrons. The van der Waals surface area contributed by atoms with Crippen LogP contribution in [0.2, 0.25) is 0 Å². The number of aryl methyl sites for hydroxylation is 2. The zero-order chi connectivity index (χ0) is 25.8. The topological polar surface area (TPSA) is 158 Å². The van der Waals surface area contributed by atoms with Gasteiger partial charge < -0.3 is 26.9 Å². The summed E-state index contributed by atoms with van der Waals surface area (Å²) >= 11 is 0. The number of nitrogens with two attached hydrogens (primary N) is 4. The van der Waals surface area contributed by atoms with E-state index in [0.717, 1.165) is 58.7 Å². The molecule has 0 atom stereocenters. The molecule has 0 saturated carbocycles. The predicted molar refractivity (Wildman–Crippen MR) is 143 cm³/mol. The van der Waals surface area contributed by atoms with Crippen molar-refractivity contribution in [1.82, 2.24) is 14.7 Å². The van der Waals surface area contributed by atoms with Gasteiger partial charge in [0.15, 0.2) is 5.84 Å². The van der Waals surface area contributed by atoms with Gasteiger partial charge in [-0.15, -0.1) is 5.10 Å². The number of amidine groups is 1. The van der Waals surface area contributed by atoms with E-state index < -0.39 is 0 Å². The molecular formula is C26H40N8OPt. The van der Waals surface area contributed by atoms with Gasteiger partial charge in [0.05, 0.1) is 18.0 Å². The number of aromatic nitrogens is 2. The van der Waals surface area contributed by atoms with Crippen LogP contribution >= 0.6 is 0 Å². The van der Waals surface area contributed by atoms with Gasteiger partial charge in [0.2, 0.25) is 0 Å². The minimum atomic E-state index is -0.00931. The number of nitrogens with zero attached hydrogens (tertiary/aromatic N) is 4. The number of hydrogen-bond donors (Lipinski definition) is 5. The first-order chi connectivity index (χ1) is 16.9. The van der Waals surface area contributed by atoms with E-state index in [0.29, 0.717) is 25.5 Å². The predicted octanol–water partition coefficient (Wildman–Crippen LogP) is 2.07. The van der Waals surface area contributed by atoms with Crippen LogP contribution in [-0.2, 0) is 40.6 Å². The fourth-order valence-electron chi connectivity index (χ4n) is 3.74. The van der Waals surface area contributed by atoms with Crippen LogP contribution in [-0.4, -0.2) is 45.7 Å². The zero-order valence-corrected chi connectivity index (χ0v) is 23.7. The van der Waals surface area contributed by atoms with Crippen LogP contribution in [0.3, 0.4) is 0 Å². The van der Waals surface area contributed by atoms with Crippen molar-refractivity contribution in [3.63, 3.8) is 0 Å². The van der Waals surface area contributed by atoms with Gasteiger partial charge in [0, 0.05) is 59.7 Å². The van der Waals surface area contributed by atoms with E-state index in [-0.39, 0.29) is 27.7 Å². The molecule has 1 aromatic heterocycles. The molecule has 0 saturated heterocycles. The number of unbranched alkanes of at least 4 members (excludes halogenated alkanes) is 1. The van der Waals surface area contributed by atoms with Gasteiger partial charge in [-0.05, 0) is 30.0 Å². The maximum absolute atomic E-state index is 9.86. The van der Waals surface area contributed by atoms with Crippen molar-refractivity contribution < 1.29 is 26.2 Å². The van der Waals surface area contributed by atoms with Gasteiger partial charge in [0.25, 0.3) is 0 Å². The summed E-state index contributed by atoms with van der Waals surface area (Å²) in [6.07, 6.45) is 3.11. The Morgan fingerprint density at radius 2 is 1.72 bits per heavy atom. The van der Waals surface area contributed by atoms with E-state index in [2.05, 4.69) is 40.9 Å². The van der Waals surface area contributed by atoms with Gasteiger partial charge >= 0.3 is 0 Å². The summed E-state index contributed by atoms with van der Waals surface area (Å²) in [6.45, 7) is 6.00. The number of aliphatic hydroxyl groups excluding tert-OH is 1. The summed E-state index contributed by atoms with van der Waals surface area (Å²) in [4.78, 5) is 4.70. The Kier molecular flexibility index (Phi) is 14.2. The molecule has 3 rings (SSSR count). The van der Waals surface area contributed by atoms with Crippen LogP contribution in [0.1, 0.15) is 48.1 Å². The minimum absolute atomic E-state index is 0. The molecule has 0 unspecified atom stereocenters. The van der Waals surface area contributed by atoms with Crippen LogP contribution in [0.25, 0.3) is 11.1 Å². The van der Waals surface area contributed by atoms with E-state index in [9.17, 15) is 5.11 Å². The SMILES string of the molecule is CCCCc1nc(C)c(CO)n1Cc1ccc(-c2ccccc2/C(N)=N/N(C)N)cc1.NCCN.[Pt]. The average Bonchev–Trinajstić information content (AvgIpc) is 3.16. The summed E-state index contributed by atoms with van der Waals surface area (Å²) < 4.78 is 2.15. The quantitative estimate of drug-likeness (QED) is 0.0953. The molecule has 3 aromatic rings. The Bertz CT molecular complexity index is 1080. The van der Waals surface area contributed by atoms with Crippen molar-refractivity contribution in [2.75, 3.05) is 20.1 Å². The number of rotatable bonds is 10. The van der Waals surface area contributed by atoms with E-state index in [1.165, 1.54) is 5.12 Å². The van der Waals surface area contributed by atoms with Crippen molar-refractivity contribution in [2.24, 2.45) is 28.1 Å². The summed E-state index contributed by atoms with van der Waals surface area (Å²) in [5.41, 5.74) is 21.8. The Morgan fingerprint density at radius 3 is 2.28 bits per heavy atom. The van der Waals surface area contributed by atoms with Crippen LogP contribution in [0.15, 0.2) is 53.6 Å². The number of hydrazine groups is 1. The first-order valence-electron chi connectivity index (χ1n) is 11.9. The van der Waals surface area contributed by atoms with E-state index in [4.69, 9.17) is 28.0 Å². The molecule has 9 N–H and O–H groups in total. The van der Waals surface area contributed by atoms with Crippen LogP contribution in [0.5, 0.6) is 0 Å². The molecule has 36 heavy (non-hydrogen) atoms. The van der Waals surface area contributed by atoms with Gasteiger partial charge in [-0.3, -0.25) is 0 Å². The molecule has 10 heteroatoms.